The van der Waals surface area contributed by atoms with Gasteiger partial charge >= 0.3 is 0 Å². The van der Waals surface area contributed by atoms with Crippen LogP contribution in [0.2, 0.25) is 0 Å². The number of carbonyl (C=O) groups is 2. The highest BCUT2D eigenvalue weighted by Gasteiger charge is 2.04. The number of nitrogens with zero attached hydrogens (tertiary/aromatic N) is 1. The second kappa shape index (κ2) is 9.07. The summed E-state index contributed by atoms with van der Waals surface area (Å²) in [6.07, 6.45) is 1.50. The monoisotopic (exact) mass is 341 g/mol. The molecule has 7 heteroatoms. The van der Waals surface area contributed by atoms with Crippen LogP contribution in [0.15, 0.2) is 53.6 Å². The normalized spacial score (nSPS) is 10.4. The van der Waals surface area contributed by atoms with Gasteiger partial charge in [-0.2, -0.15) is 5.10 Å². The lowest BCUT2D eigenvalue weighted by Crippen LogP contribution is -2.20. The summed E-state index contributed by atoms with van der Waals surface area (Å²) in [6, 6.07) is 13.6. The molecule has 0 unspecified atom stereocenters. The van der Waals surface area contributed by atoms with Gasteiger partial charge < -0.3 is 15.2 Å². The molecule has 0 saturated heterocycles. The lowest BCUT2D eigenvalue weighted by Gasteiger charge is -2.04. The van der Waals surface area contributed by atoms with Crippen molar-refractivity contribution in [1.82, 2.24) is 5.43 Å². The Labute approximate surface area is 145 Å². The quantitative estimate of drug-likeness (QED) is 0.563. The highest BCUT2D eigenvalue weighted by Crippen LogP contribution is 2.12. The van der Waals surface area contributed by atoms with Crippen molar-refractivity contribution in [3.05, 3.63) is 59.7 Å². The zero-order valence-corrected chi connectivity index (χ0v) is 13.8. The van der Waals surface area contributed by atoms with E-state index in [0.29, 0.717) is 23.7 Å². The van der Waals surface area contributed by atoms with Crippen molar-refractivity contribution < 1.29 is 19.1 Å². The maximum atomic E-state index is 12.0. The van der Waals surface area contributed by atoms with Crippen molar-refractivity contribution in [3.63, 3.8) is 0 Å². The summed E-state index contributed by atoms with van der Waals surface area (Å²) in [4.78, 5) is 22.6. The van der Waals surface area contributed by atoms with E-state index in [0.717, 1.165) is 5.56 Å². The Morgan fingerprint density at radius 2 is 1.64 bits per heavy atom. The molecule has 0 aliphatic carbocycles. The summed E-state index contributed by atoms with van der Waals surface area (Å²) in [5.41, 5.74) is 8.70. The number of carbonyl (C=O) groups excluding carboxylic acids is 2. The number of primary amides is 1. The SMILES string of the molecule is CCOc1ccc(C(=O)N/N=C/c2ccc(OCC(N)=O)cc2)cc1. The predicted octanol–water partition coefficient (Wildman–Crippen LogP) is 1.71. The van der Waals surface area contributed by atoms with Gasteiger partial charge in [-0.3, -0.25) is 9.59 Å². The van der Waals surface area contributed by atoms with Gasteiger partial charge in [0.2, 0.25) is 0 Å². The van der Waals surface area contributed by atoms with Gasteiger partial charge in [0.15, 0.2) is 6.61 Å². The topological polar surface area (TPSA) is 103 Å². The van der Waals surface area contributed by atoms with E-state index in [1.165, 1.54) is 6.21 Å². The van der Waals surface area contributed by atoms with Gasteiger partial charge in [-0.25, -0.2) is 5.43 Å². The molecule has 0 radical (unpaired) electrons. The minimum absolute atomic E-state index is 0.175. The van der Waals surface area contributed by atoms with Crippen molar-refractivity contribution >= 4 is 18.0 Å². The van der Waals surface area contributed by atoms with Crippen LogP contribution in [-0.4, -0.2) is 31.2 Å². The fourth-order valence-corrected chi connectivity index (χ4v) is 1.90. The minimum atomic E-state index is -0.539. The lowest BCUT2D eigenvalue weighted by atomic mass is 10.2. The van der Waals surface area contributed by atoms with Gasteiger partial charge in [-0.15, -0.1) is 0 Å². The molecule has 130 valence electrons. The summed E-state index contributed by atoms with van der Waals surface area (Å²) in [6.45, 7) is 2.29. The molecule has 2 aromatic carbocycles. The van der Waals surface area contributed by atoms with Crippen molar-refractivity contribution in [3.8, 4) is 11.5 Å². The Kier molecular flexibility index (Phi) is 6.53. The van der Waals surface area contributed by atoms with E-state index in [1.54, 1.807) is 48.5 Å². The van der Waals surface area contributed by atoms with E-state index in [9.17, 15) is 9.59 Å². The number of amides is 2. The molecular formula is C18H19N3O4. The van der Waals surface area contributed by atoms with Crippen molar-refractivity contribution in [2.75, 3.05) is 13.2 Å². The van der Waals surface area contributed by atoms with Crippen LogP contribution in [-0.2, 0) is 4.79 Å². The summed E-state index contributed by atoms with van der Waals surface area (Å²) in [5.74, 6) is 0.374. The second-order valence-electron chi connectivity index (χ2n) is 4.98. The Balaban J connectivity index is 1.87. The predicted molar refractivity (Wildman–Crippen MR) is 93.8 cm³/mol. The molecule has 0 fully saturated rings. The van der Waals surface area contributed by atoms with Crippen LogP contribution in [0.5, 0.6) is 11.5 Å². The fraction of sp³-hybridized carbons (Fsp3) is 0.167. The zero-order chi connectivity index (χ0) is 18.1. The summed E-state index contributed by atoms with van der Waals surface area (Å²) < 4.78 is 10.5. The van der Waals surface area contributed by atoms with Crippen LogP contribution in [0.3, 0.4) is 0 Å². The molecule has 2 aromatic rings. The first-order chi connectivity index (χ1) is 12.1. The third kappa shape index (κ3) is 5.98. The lowest BCUT2D eigenvalue weighted by molar-refractivity contribution is -0.119. The van der Waals surface area contributed by atoms with Crippen molar-refractivity contribution in [1.29, 1.82) is 0 Å². The third-order valence-corrected chi connectivity index (χ3v) is 3.07. The number of hydrazone groups is 1. The number of rotatable bonds is 8. The smallest absolute Gasteiger partial charge is 0.271 e. The first kappa shape index (κ1) is 18.0. The summed E-state index contributed by atoms with van der Waals surface area (Å²) in [5, 5.41) is 3.91. The Morgan fingerprint density at radius 3 is 2.24 bits per heavy atom. The van der Waals surface area contributed by atoms with E-state index >= 15 is 0 Å². The van der Waals surface area contributed by atoms with E-state index in [2.05, 4.69) is 10.5 Å². The van der Waals surface area contributed by atoms with Gasteiger partial charge in [-0.05, 0) is 61.0 Å². The molecule has 0 spiro atoms. The number of benzene rings is 2. The Bertz CT molecular complexity index is 740. The van der Waals surface area contributed by atoms with Crippen LogP contribution in [0.25, 0.3) is 0 Å². The molecular weight excluding hydrogens is 322 g/mol. The van der Waals surface area contributed by atoms with Crippen LogP contribution in [0.1, 0.15) is 22.8 Å². The number of hydrogen-bond acceptors (Lipinski definition) is 5. The molecule has 25 heavy (non-hydrogen) atoms. The van der Waals surface area contributed by atoms with E-state index < -0.39 is 5.91 Å². The number of hydrogen-bond donors (Lipinski definition) is 2. The molecule has 0 heterocycles. The molecule has 0 atom stereocenters. The fourth-order valence-electron chi connectivity index (χ4n) is 1.90. The van der Waals surface area contributed by atoms with Crippen molar-refractivity contribution in [2.24, 2.45) is 10.8 Å². The van der Waals surface area contributed by atoms with E-state index in [1.807, 2.05) is 6.92 Å². The molecule has 0 aliphatic rings. The highest BCUT2D eigenvalue weighted by atomic mass is 16.5. The Hall–Kier alpha value is -3.35. The average molecular weight is 341 g/mol. The number of nitrogens with two attached hydrogens (primary N) is 1. The average Bonchev–Trinajstić information content (AvgIpc) is 2.62. The molecule has 2 rings (SSSR count). The highest BCUT2D eigenvalue weighted by molar-refractivity contribution is 5.95. The maximum Gasteiger partial charge on any atom is 0.271 e. The summed E-state index contributed by atoms with van der Waals surface area (Å²) >= 11 is 0. The molecule has 0 bridgehead atoms. The minimum Gasteiger partial charge on any atom is -0.494 e. The first-order valence-corrected chi connectivity index (χ1v) is 7.66. The number of ether oxygens (including phenoxy) is 2. The van der Waals surface area contributed by atoms with Crippen LogP contribution < -0.4 is 20.6 Å². The van der Waals surface area contributed by atoms with E-state index in [4.69, 9.17) is 15.2 Å². The maximum absolute atomic E-state index is 12.0. The zero-order valence-electron chi connectivity index (χ0n) is 13.8. The molecule has 0 aliphatic heterocycles. The standard InChI is InChI=1S/C18H19N3O4/c1-2-24-15-9-5-14(6-10-15)18(23)21-20-11-13-3-7-16(8-4-13)25-12-17(19)22/h3-11H,2,12H2,1H3,(H2,19,22)(H,21,23)/b20-11+. The first-order valence-electron chi connectivity index (χ1n) is 7.66. The van der Waals surface area contributed by atoms with Gasteiger partial charge in [0.05, 0.1) is 12.8 Å². The second-order valence-corrected chi connectivity index (χ2v) is 4.98. The third-order valence-electron chi connectivity index (χ3n) is 3.07. The van der Waals surface area contributed by atoms with Gasteiger partial charge in [-0.1, -0.05) is 0 Å². The van der Waals surface area contributed by atoms with Crippen molar-refractivity contribution in [2.45, 2.75) is 6.92 Å². The van der Waals surface area contributed by atoms with Crippen LogP contribution >= 0.6 is 0 Å². The molecule has 3 N–H and O–H groups in total. The molecule has 2 amide bonds. The largest absolute Gasteiger partial charge is 0.494 e. The summed E-state index contributed by atoms with van der Waals surface area (Å²) in [7, 11) is 0. The molecule has 0 saturated carbocycles. The Morgan fingerprint density at radius 1 is 1.04 bits per heavy atom. The molecule has 7 nitrogen and oxygen atoms in total. The van der Waals surface area contributed by atoms with Gasteiger partial charge in [0, 0.05) is 5.56 Å². The van der Waals surface area contributed by atoms with Crippen LogP contribution in [0.4, 0.5) is 0 Å². The van der Waals surface area contributed by atoms with Gasteiger partial charge in [0.1, 0.15) is 11.5 Å². The van der Waals surface area contributed by atoms with Gasteiger partial charge in [0.25, 0.3) is 11.8 Å². The van der Waals surface area contributed by atoms with E-state index in [-0.39, 0.29) is 12.5 Å². The molecule has 0 aromatic heterocycles. The number of nitrogens with one attached hydrogen (secondary N) is 1. The van der Waals surface area contributed by atoms with Crippen LogP contribution in [0, 0.1) is 0 Å².